The molecule has 0 spiro atoms. The lowest BCUT2D eigenvalue weighted by atomic mass is 10.1. The van der Waals surface area contributed by atoms with E-state index in [0.29, 0.717) is 0 Å². The monoisotopic (exact) mass is 263 g/mol. The van der Waals surface area contributed by atoms with Crippen molar-refractivity contribution in [2.75, 3.05) is 19.9 Å². The molecule has 0 bridgehead atoms. The van der Waals surface area contributed by atoms with E-state index in [1.165, 1.54) is 12.8 Å². The third-order valence-electron chi connectivity index (χ3n) is 2.41. The van der Waals surface area contributed by atoms with Crippen molar-refractivity contribution in [3.05, 3.63) is 0 Å². The van der Waals surface area contributed by atoms with Gasteiger partial charge < -0.3 is 5.73 Å². The van der Waals surface area contributed by atoms with Crippen molar-refractivity contribution in [1.82, 2.24) is 10.2 Å². The number of unbranched alkanes of at least 4 members (excludes halogenated alkanes) is 2. The largest absolute Gasteiger partial charge is 0.369 e. The smallest absolute Gasteiger partial charge is 0.231 e. The first-order valence-corrected chi connectivity index (χ1v) is 5.98. The second-order valence-electron chi connectivity index (χ2n) is 3.68. The summed E-state index contributed by atoms with van der Waals surface area (Å²) in [5.74, 6) is -0.253. The molecular weight excluding hydrogens is 246 g/mol. The highest BCUT2D eigenvalue weighted by atomic mass is 79.9. The van der Waals surface area contributed by atoms with Crippen molar-refractivity contribution in [1.29, 1.82) is 0 Å². The molecule has 82 valence electrons. The Bertz CT molecular complexity index is 185. The van der Waals surface area contributed by atoms with Crippen LogP contribution in [-0.2, 0) is 4.79 Å². The van der Waals surface area contributed by atoms with Gasteiger partial charge in [-0.25, -0.2) is 0 Å². The van der Waals surface area contributed by atoms with E-state index in [1.54, 1.807) is 0 Å². The van der Waals surface area contributed by atoms with E-state index >= 15 is 0 Å². The standard InChI is InChI=1S/C9H18BrN3O/c10-8(9(11)14)4-2-1-3-5-13-6-12-7-13/h8,12H,1-7H2,(H2,11,14). The van der Waals surface area contributed by atoms with E-state index in [-0.39, 0.29) is 10.7 Å². The number of rotatable bonds is 7. The van der Waals surface area contributed by atoms with Crippen molar-refractivity contribution >= 4 is 21.8 Å². The van der Waals surface area contributed by atoms with Crippen LogP contribution in [0, 0.1) is 0 Å². The number of halogens is 1. The van der Waals surface area contributed by atoms with Crippen molar-refractivity contribution in [3.8, 4) is 0 Å². The molecule has 1 unspecified atom stereocenters. The van der Waals surface area contributed by atoms with E-state index in [1.807, 2.05) is 0 Å². The summed E-state index contributed by atoms with van der Waals surface area (Å²) in [6.45, 7) is 3.22. The lowest BCUT2D eigenvalue weighted by molar-refractivity contribution is -0.117. The van der Waals surface area contributed by atoms with Gasteiger partial charge in [0, 0.05) is 6.54 Å². The minimum Gasteiger partial charge on any atom is -0.369 e. The minimum atomic E-state index is -0.253. The van der Waals surface area contributed by atoms with Crippen LogP contribution >= 0.6 is 15.9 Å². The van der Waals surface area contributed by atoms with Crippen molar-refractivity contribution < 1.29 is 4.79 Å². The number of nitrogens with zero attached hydrogens (tertiary/aromatic N) is 1. The maximum Gasteiger partial charge on any atom is 0.231 e. The van der Waals surface area contributed by atoms with Crippen LogP contribution in [0.15, 0.2) is 0 Å². The molecule has 14 heavy (non-hydrogen) atoms. The molecule has 1 atom stereocenters. The topological polar surface area (TPSA) is 58.4 Å². The SMILES string of the molecule is NC(=O)C(Br)CCCCCN1CNC1. The summed E-state index contributed by atoms with van der Waals surface area (Å²) in [6, 6.07) is 0. The van der Waals surface area contributed by atoms with Crippen LogP contribution < -0.4 is 11.1 Å². The molecule has 1 saturated heterocycles. The zero-order valence-electron chi connectivity index (χ0n) is 8.34. The van der Waals surface area contributed by atoms with Crippen LogP contribution in [0.1, 0.15) is 25.7 Å². The highest BCUT2D eigenvalue weighted by Gasteiger charge is 2.12. The summed E-state index contributed by atoms with van der Waals surface area (Å²) in [5, 5.41) is 3.19. The molecule has 3 N–H and O–H groups in total. The van der Waals surface area contributed by atoms with Crippen LogP contribution in [0.25, 0.3) is 0 Å². The van der Waals surface area contributed by atoms with Crippen LogP contribution in [0.4, 0.5) is 0 Å². The highest BCUT2D eigenvalue weighted by molar-refractivity contribution is 9.10. The van der Waals surface area contributed by atoms with Gasteiger partial charge in [0.05, 0.1) is 18.2 Å². The van der Waals surface area contributed by atoms with Crippen LogP contribution in [0.2, 0.25) is 0 Å². The van der Waals surface area contributed by atoms with E-state index < -0.39 is 0 Å². The first kappa shape index (κ1) is 11.9. The molecule has 4 nitrogen and oxygen atoms in total. The van der Waals surface area contributed by atoms with Crippen molar-refractivity contribution in [2.24, 2.45) is 5.73 Å². The Morgan fingerprint density at radius 1 is 1.43 bits per heavy atom. The predicted molar refractivity (Wildman–Crippen MR) is 60.0 cm³/mol. The summed E-state index contributed by atoms with van der Waals surface area (Å²) >= 11 is 3.25. The number of nitrogens with one attached hydrogen (secondary N) is 1. The molecule has 1 heterocycles. The van der Waals surface area contributed by atoms with Crippen LogP contribution in [-0.4, -0.2) is 35.5 Å². The molecule has 0 aliphatic carbocycles. The van der Waals surface area contributed by atoms with Gasteiger partial charge in [0.25, 0.3) is 0 Å². The third kappa shape index (κ3) is 4.39. The number of hydrogen-bond donors (Lipinski definition) is 2. The molecule has 0 aromatic heterocycles. The van der Waals surface area contributed by atoms with Gasteiger partial charge in [-0.05, 0) is 12.8 Å². The van der Waals surface area contributed by atoms with Gasteiger partial charge in [-0.1, -0.05) is 28.8 Å². The average molecular weight is 264 g/mol. The fraction of sp³-hybridized carbons (Fsp3) is 0.889. The molecule has 0 aromatic carbocycles. The van der Waals surface area contributed by atoms with Gasteiger partial charge in [-0.15, -0.1) is 0 Å². The number of alkyl halides is 1. The molecule has 0 radical (unpaired) electrons. The van der Waals surface area contributed by atoms with Gasteiger partial charge in [-0.3, -0.25) is 15.0 Å². The Kier molecular flexibility index (Phi) is 5.44. The predicted octanol–water partition coefficient (Wildman–Crippen LogP) is 0.616. The Morgan fingerprint density at radius 3 is 2.64 bits per heavy atom. The maximum atomic E-state index is 10.7. The minimum absolute atomic E-state index is 0.145. The normalized spacial score (nSPS) is 18.9. The molecule has 0 saturated carbocycles. The number of carbonyl (C=O) groups excluding carboxylic acids is 1. The van der Waals surface area contributed by atoms with E-state index in [4.69, 9.17) is 5.73 Å². The molecule has 1 amide bonds. The Morgan fingerprint density at radius 2 is 2.14 bits per heavy atom. The van der Waals surface area contributed by atoms with Crippen molar-refractivity contribution in [2.45, 2.75) is 30.5 Å². The van der Waals surface area contributed by atoms with Gasteiger partial charge in [0.1, 0.15) is 0 Å². The molecule has 1 fully saturated rings. The number of hydrogen-bond acceptors (Lipinski definition) is 3. The first-order valence-electron chi connectivity index (χ1n) is 5.06. The zero-order valence-corrected chi connectivity index (χ0v) is 9.92. The Labute approximate surface area is 93.3 Å². The van der Waals surface area contributed by atoms with Crippen LogP contribution in [0.5, 0.6) is 0 Å². The fourth-order valence-corrected chi connectivity index (χ4v) is 1.73. The molecular formula is C9H18BrN3O. The maximum absolute atomic E-state index is 10.7. The van der Waals surface area contributed by atoms with Crippen LogP contribution in [0.3, 0.4) is 0 Å². The summed E-state index contributed by atoms with van der Waals surface area (Å²) in [5.41, 5.74) is 5.13. The van der Waals surface area contributed by atoms with E-state index in [9.17, 15) is 4.79 Å². The lowest BCUT2D eigenvalue weighted by Gasteiger charge is -2.31. The first-order chi connectivity index (χ1) is 6.70. The lowest BCUT2D eigenvalue weighted by Crippen LogP contribution is -2.51. The van der Waals surface area contributed by atoms with Gasteiger partial charge >= 0.3 is 0 Å². The summed E-state index contributed by atoms with van der Waals surface area (Å²) in [4.78, 5) is 12.9. The summed E-state index contributed by atoms with van der Waals surface area (Å²) < 4.78 is 0. The molecule has 1 aliphatic heterocycles. The molecule has 5 heteroatoms. The molecule has 1 rings (SSSR count). The zero-order chi connectivity index (χ0) is 10.4. The Hall–Kier alpha value is -0.130. The highest BCUT2D eigenvalue weighted by Crippen LogP contribution is 2.11. The Balaban J connectivity index is 1.86. The summed E-state index contributed by atoms with van der Waals surface area (Å²) in [6.07, 6.45) is 4.31. The quantitative estimate of drug-likeness (QED) is 0.523. The van der Waals surface area contributed by atoms with Gasteiger partial charge in [0.2, 0.25) is 5.91 Å². The second-order valence-corrected chi connectivity index (χ2v) is 4.79. The number of primary amides is 1. The van der Waals surface area contributed by atoms with Gasteiger partial charge in [-0.2, -0.15) is 0 Å². The summed E-state index contributed by atoms with van der Waals surface area (Å²) in [7, 11) is 0. The number of carbonyl (C=O) groups is 1. The average Bonchev–Trinajstić information content (AvgIpc) is 2.07. The van der Waals surface area contributed by atoms with E-state index in [2.05, 4.69) is 26.1 Å². The van der Waals surface area contributed by atoms with Gasteiger partial charge in [0.15, 0.2) is 0 Å². The second kappa shape index (κ2) is 6.37. The fourth-order valence-electron chi connectivity index (χ4n) is 1.41. The van der Waals surface area contributed by atoms with Crippen molar-refractivity contribution in [3.63, 3.8) is 0 Å². The number of amides is 1. The number of nitrogens with two attached hydrogens (primary N) is 1. The van der Waals surface area contributed by atoms with E-state index in [0.717, 1.165) is 32.7 Å². The molecule has 0 aromatic rings. The third-order valence-corrected chi connectivity index (χ3v) is 3.32. The molecule has 1 aliphatic rings.